The molecule has 0 spiro atoms. The first-order chi connectivity index (χ1) is 9.29. The number of nitrogens with one attached hydrogen (secondary N) is 1. The van der Waals surface area contributed by atoms with Gasteiger partial charge in [0, 0.05) is 31.8 Å². The van der Waals surface area contributed by atoms with Crippen molar-refractivity contribution < 1.29 is 4.74 Å². The van der Waals surface area contributed by atoms with Crippen molar-refractivity contribution in [2.45, 2.75) is 71.4 Å². The molecular weight excluding hydrogens is 236 g/mol. The molecule has 1 fully saturated rings. The van der Waals surface area contributed by atoms with Crippen LogP contribution in [-0.2, 0) is 4.74 Å². The number of rotatable bonds is 9. The third-order valence-electron chi connectivity index (χ3n) is 4.25. The summed E-state index contributed by atoms with van der Waals surface area (Å²) in [5, 5.41) is 3.58. The van der Waals surface area contributed by atoms with E-state index in [9.17, 15) is 0 Å². The molecule has 0 saturated carbocycles. The number of hydrogen-bond acceptors (Lipinski definition) is 3. The molecule has 1 heterocycles. The molecule has 1 N–H and O–H groups in total. The maximum atomic E-state index is 5.36. The molecule has 3 nitrogen and oxygen atoms in total. The summed E-state index contributed by atoms with van der Waals surface area (Å²) in [6.07, 6.45) is 8.04. The van der Waals surface area contributed by atoms with Crippen LogP contribution in [0.25, 0.3) is 0 Å². The van der Waals surface area contributed by atoms with Crippen LogP contribution in [0, 0.1) is 0 Å². The Hall–Kier alpha value is -0.120. The molecule has 0 bridgehead atoms. The van der Waals surface area contributed by atoms with Gasteiger partial charge < -0.3 is 10.1 Å². The molecule has 2 atom stereocenters. The summed E-state index contributed by atoms with van der Waals surface area (Å²) in [4.78, 5) is 2.74. The third-order valence-corrected chi connectivity index (χ3v) is 4.25. The van der Waals surface area contributed by atoms with Gasteiger partial charge in [0.15, 0.2) is 0 Å². The monoisotopic (exact) mass is 270 g/mol. The van der Waals surface area contributed by atoms with E-state index in [1.54, 1.807) is 0 Å². The van der Waals surface area contributed by atoms with Crippen LogP contribution >= 0.6 is 0 Å². The molecule has 0 aliphatic carbocycles. The van der Waals surface area contributed by atoms with Gasteiger partial charge in [-0.1, -0.05) is 19.8 Å². The Labute approximate surface area is 120 Å². The van der Waals surface area contributed by atoms with Gasteiger partial charge in [0.25, 0.3) is 0 Å². The summed E-state index contributed by atoms with van der Waals surface area (Å²) < 4.78 is 5.36. The van der Waals surface area contributed by atoms with Crippen molar-refractivity contribution in [3.63, 3.8) is 0 Å². The molecule has 3 heteroatoms. The highest BCUT2D eigenvalue weighted by Gasteiger charge is 2.23. The van der Waals surface area contributed by atoms with Crippen molar-refractivity contribution in [2.75, 3.05) is 32.8 Å². The van der Waals surface area contributed by atoms with E-state index in [1.165, 1.54) is 38.6 Å². The van der Waals surface area contributed by atoms with Crippen molar-refractivity contribution in [3.8, 4) is 0 Å². The van der Waals surface area contributed by atoms with E-state index >= 15 is 0 Å². The molecule has 2 unspecified atom stereocenters. The van der Waals surface area contributed by atoms with Crippen molar-refractivity contribution >= 4 is 0 Å². The summed E-state index contributed by atoms with van der Waals surface area (Å²) >= 11 is 0. The van der Waals surface area contributed by atoms with Crippen LogP contribution in [0.4, 0.5) is 0 Å². The van der Waals surface area contributed by atoms with E-state index in [0.717, 1.165) is 38.8 Å². The zero-order valence-electron chi connectivity index (χ0n) is 13.3. The average Bonchev–Trinajstić information content (AvgIpc) is 2.67. The Morgan fingerprint density at radius 3 is 2.84 bits per heavy atom. The van der Waals surface area contributed by atoms with Crippen LogP contribution in [0.1, 0.15) is 59.3 Å². The van der Waals surface area contributed by atoms with Gasteiger partial charge in [0.1, 0.15) is 0 Å². The van der Waals surface area contributed by atoms with E-state index in [2.05, 4.69) is 31.0 Å². The Morgan fingerprint density at radius 1 is 1.26 bits per heavy atom. The van der Waals surface area contributed by atoms with Gasteiger partial charge >= 0.3 is 0 Å². The van der Waals surface area contributed by atoms with Gasteiger partial charge in [-0.25, -0.2) is 0 Å². The second kappa shape index (κ2) is 10.6. The highest BCUT2D eigenvalue weighted by Crippen LogP contribution is 2.21. The molecule has 0 aromatic rings. The highest BCUT2D eigenvalue weighted by molar-refractivity contribution is 4.79. The van der Waals surface area contributed by atoms with Crippen LogP contribution < -0.4 is 5.32 Å². The molecule has 0 aromatic carbocycles. The minimum Gasteiger partial charge on any atom is -0.382 e. The van der Waals surface area contributed by atoms with Crippen LogP contribution in [0.5, 0.6) is 0 Å². The number of likely N-dealkylation sites (tertiary alicyclic amines) is 1. The first-order valence-corrected chi connectivity index (χ1v) is 8.33. The van der Waals surface area contributed by atoms with E-state index in [0.29, 0.717) is 6.04 Å². The second-order valence-corrected chi connectivity index (χ2v) is 5.75. The van der Waals surface area contributed by atoms with Gasteiger partial charge in [-0.2, -0.15) is 0 Å². The Balaban J connectivity index is 2.20. The summed E-state index contributed by atoms with van der Waals surface area (Å²) in [5.74, 6) is 0. The van der Waals surface area contributed by atoms with E-state index in [-0.39, 0.29) is 0 Å². The molecule has 114 valence electrons. The van der Waals surface area contributed by atoms with Gasteiger partial charge in [0.2, 0.25) is 0 Å². The number of nitrogens with zero attached hydrogens (tertiary/aromatic N) is 1. The Bertz CT molecular complexity index is 211. The zero-order valence-corrected chi connectivity index (χ0v) is 13.3. The molecule has 1 rings (SSSR count). The lowest BCUT2D eigenvalue weighted by Crippen LogP contribution is -2.46. The maximum Gasteiger partial charge on any atom is 0.0477 e. The van der Waals surface area contributed by atoms with Crippen molar-refractivity contribution in [1.82, 2.24) is 10.2 Å². The number of ether oxygens (including phenoxy) is 1. The lowest BCUT2D eigenvalue weighted by molar-refractivity contribution is 0.133. The normalized spacial score (nSPS) is 23.2. The lowest BCUT2D eigenvalue weighted by Gasteiger charge is -2.35. The van der Waals surface area contributed by atoms with Crippen molar-refractivity contribution in [3.05, 3.63) is 0 Å². The van der Waals surface area contributed by atoms with Gasteiger partial charge in [-0.15, -0.1) is 0 Å². The van der Waals surface area contributed by atoms with Crippen LogP contribution in [0.2, 0.25) is 0 Å². The summed E-state index contributed by atoms with van der Waals surface area (Å²) in [6.45, 7) is 12.0. The van der Waals surface area contributed by atoms with Crippen molar-refractivity contribution in [2.24, 2.45) is 0 Å². The quantitative estimate of drug-likeness (QED) is 0.652. The molecule has 0 aromatic heterocycles. The van der Waals surface area contributed by atoms with Crippen molar-refractivity contribution in [1.29, 1.82) is 0 Å². The maximum absolute atomic E-state index is 5.36. The molecular formula is C16H34N2O. The fourth-order valence-electron chi connectivity index (χ4n) is 3.09. The molecule has 1 aliphatic rings. The first-order valence-electron chi connectivity index (χ1n) is 8.33. The predicted molar refractivity (Wildman–Crippen MR) is 82.7 cm³/mol. The van der Waals surface area contributed by atoms with E-state index in [1.807, 2.05) is 0 Å². The van der Waals surface area contributed by atoms with Gasteiger partial charge in [0.05, 0.1) is 0 Å². The highest BCUT2D eigenvalue weighted by atomic mass is 16.5. The fourth-order valence-corrected chi connectivity index (χ4v) is 3.09. The minimum absolute atomic E-state index is 0.662. The minimum atomic E-state index is 0.662. The summed E-state index contributed by atoms with van der Waals surface area (Å²) in [6, 6.07) is 1.47. The summed E-state index contributed by atoms with van der Waals surface area (Å²) in [5.41, 5.74) is 0. The lowest BCUT2D eigenvalue weighted by atomic mass is 10.1. The molecule has 0 amide bonds. The average molecular weight is 270 g/mol. The van der Waals surface area contributed by atoms with E-state index < -0.39 is 0 Å². The Kier molecular flexibility index (Phi) is 9.48. The molecule has 19 heavy (non-hydrogen) atoms. The fraction of sp³-hybridized carbons (Fsp3) is 1.00. The second-order valence-electron chi connectivity index (χ2n) is 5.75. The van der Waals surface area contributed by atoms with E-state index in [4.69, 9.17) is 4.74 Å². The third kappa shape index (κ3) is 6.73. The topological polar surface area (TPSA) is 24.5 Å². The SMILES string of the molecule is CCOCCCNCC(C)N1CCCCCC1CC. The molecule has 1 saturated heterocycles. The van der Waals surface area contributed by atoms with Gasteiger partial charge in [-0.05, 0) is 52.6 Å². The largest absolute Gasteiger partial charge is 0.382 e. The zero-order chi connectivity index (χ0) is 13.9. The smallest absolute Gasteiger partial charge is 0.0477 e. The van der Waals surface area contributed by atoms with Crippen LogP contribution in [-0.4, -0.2) is 49.8 Å². The molecule has 1 aliphatic heterocycles. The first kappa shape index (κ1) is 16.9. The predicted octanol–water partition coefficient (Wildman–Crippen LogP) is 3.05. The summed E-state index contributed by atoms with van der Waals surface area (Å²) in [7, 11) is 0. The molecule has 0 radical (unpaired) electrons. The standard InChI is InChI=1S/C16H34N2O/c1-4-16-10-7-6-8-12-18(16)15(3)14-17-11-9-13-19-5-2/h15-17H,4-14H2,1-3H3. The van der Waals surface area contributed by atoms with Crippen LogP contribution in [0.15, 0.2) is 0 Å². The Morgan fingerprint density at radius 2 is 2.11 bits per heavy atom. The van der Waals surface area contributed by atoms with Gasteiger partial charge in [-0.3, -0.25) is 4.90 Å². The number of hydrogen-bond donors (Lipinski definition) is 1. The van der Waals surface area contributed by atoms with Crippen LogP contribution in [0.3, 0.4) is 0 Å².